The molecule has 1 aromatic heterocycles. The molecule has 1 aromatic carbocycles. The van der Waals surface area contributed by atoms with Gasteiger partial charge in [0.25, 0.3) is 0 Å². The van der Waals surface area contributed by atoms with Crippen molar-refractivity contribution in [3.8, 4) is 0 Å². The highest BCUT2D eigenvalue weighted by Crippen LogP contribution is 2.31. The van der Waals surface area contributed by atoms with Gasteiger partial charge in [-0.2, -0.15) is 0 Å². The highest BCUT2D eigenvalue weighted by molar-refractivity contribution is 7.98. The van der Waals surface area contributed by atoms with Gasteiger partial charge in [-0.05, 0) is 23.5 Å². The molecule has 0 aliphatic carbocycles. The molecule has 86 valence electrons. The topological polar surface area (TPSA) is 30.7 Å². The molecule has 0 radical (unpaired) electrons. The molecule has 17 heavy (non-hydrogen) atoms. The number of aromatic nitrogens is 3. The molecule has 1 aliphatic rings. The molecule has 1 unspecified atom stereocenters. The third-order valence-electron chi connectivity index (χ3n) is 3.13. The van der Waals surface area contributed by atoms with Crippen LogP contribution in [0.1, 0.15) is 29.8 Å². The Morgan fingerprint density at radius 3 is 2.88 bits per heavy atom. The summed E-state index contributed by atoms with van der Waals surface area (Å²) in [4.78, 5) is 0. The van der Waals surface area contributed by atoms with Crippen molar-refractivity contribution in [3.05, 3.63) is 41.2 Å². The molecule has 0 amide bonds. The van der Waals surface area contributed by atoms with Crippen LogP contribution in [0.2, 0.25) is 0 Å². The van der Waals surface area contributed by atoms with E-state index in [0.29, 0.717) is 0 Å². The molecule has 0 N–H and O–H groups in total. The van der Waals surface area contributed by atoms with Crippen LogP contribution in [0, 0.1) is 0 Å². The Morgan fingerprint density at radius 1 is 1.24 bits per heavy atom. The molecule has 1 atom stereocenters. The Kier molecular flexibility index (Phi) is 2.52. The summed E-state index contributed by atoms with van der Waals surface area (Å²) in [5, 5.41) is 9.45. The molecule has 0 fully saturated rings. The van der Waals surface area contributed by atoms with Crippen LogP contribution >= 0.6 is 11.8 Å². The summed E-state index contributed by atoms with van der Waals surface area (Å²) in [7, 11) is 0. The van der Waals surface area contributed by atoms with Crippen LogP contribution in [0.5, 0.6) is 0 Å². The van der Waals surface area contributed by atoms with Crippen molar-refractivity contribution < 1.29 is 0 Å². The predicted molar refractivity (Wildman–Crippen MR) is 71.0 cm³/mol. The average Bonchev–Trinajstić information content (AvgIpc) is 2.73. The summed E-state index contributed by atoms with van der Waals surface area (Å²) in [6, 6.07) is 8.44. The number of thioether (sulfide) groups is 1. The van der Waals surface area contributed by atoms with E-state index in [0.717, 1.165) is 11.0 Å². The minimum atomic E-state index is 0.273. The zero-order valence-corrected chi connectivity index (χ0v) is 10.6. The Labute approximate surface area is 105 Å². The van der Waals surface area contributed by atoms with Crippen molar-refractivity contribution in [2.24, 2.45) is 0 Å². The van der Waals surface area contributed by atoms with Gasteiger partial charge in [-0.25, -0.2) is 0 Å². The monoisotopic (exact) mass is 243 g/mol. The first-order valence-electron chi connectivity index (χ1n) is 5.57. The molecule has 4 heteroatoms. The smallest absolute Gasteiger partial charge is 0.195 e. The third-order valence-corrected chi connectivity index (χ3v) is 3.77. The molecule has 3 rings (SSSR count). The fraction of sp³-hybridized carbons (Fsp3) is 0.231. The number of hydrogen-bond acceptors (Lipinski definition) is 3. The minimum Gasteiger partial charge on any atom is -0.280 e. The van der Waals surface area contributed by atoms with Crippen LogP contribution in [0.4, 0.5) is 0 Å². The molecular weight excluding hydrogens is 230 g/mol. The first kappa shape index (κ1) is 10.6. The van der Waals surface area contributed by atoms with Gasteiger partial charge in [0.2, 0.25) is 0 Å². The van der Waals surface area contributed by atoms with E-state index < -0.39 is 0 Å². The highest BCUT2D eigenvalue weighted by atomic mass is 32.2. The molecule has 2 aromatic rings. The first-order valence-corrected chi connectivity index (χ1v) is 6.79. The van der Waals surface area contributed by atoms with E-state index in [1.54, 1.807) is 11.8 Å². The van der Waals surface area contributed by atoms with Crippen molar-refractivity contribution in [1.82, 2.24) is 14.8 Å². The number of nitrogens with zero attached hydrogens (tertiary/aromatic N) is 3. The van der Waals surface area contributed by atoms with Gasteiger partial charge in [-0.15, -0.1) is 10.2 Å². The molecule has 3 nitrogen and oxygen atoms in total. The fourth-order valence-corrected chi connectivity index (χ4v) is 2.69. The summed E-state index contributed by atoms with van der Waals surface area (Å²) in [5.41, 5.74) is 2.57. The summed E-state index contributed by atoms with van der Waals surface area (Å²) in [5.74, 6) is 1.28. The summed E-state index contributed by atoms with van der Waals surface area (Å²) < 4.78 is 2.08. The van der Waals surface area contributed by atoms with E-state index in [4.69, 9.17) is 0 Å². The van der Waals surface area contributed by atoms with Gasteiger partial charge in [0, 0.05) is 12.1 Å². The van der Waals surface area contributed by atoms with Gasteiger partial charge < -0.3 is 0 Å². The fourth-order valence-electron chi connectivity index (χ4n) is 2.21. The first-order chi connectivity index (χ1) is 8.31. The van der Waals surface area contributed by atoms with Crippen LogP contribution in [0.25, 0.3) is 12.3 Å². The van der Waals surface area contributed by atoms with E-state index in [-0.39, 0.29) is 5.92 Å². The molecule has 0 spiro atoms. The van der Waals surface area contributed by atoms with Crippen LogP contribution in [-0.4, -0.2) is 21.0 Å². The van der Waals surface area contributed by atoms with E-state index in [9.17, 15) is 0 Å². The second-order valence-corrected chi connectivity index (χ2v) is 4.85. The normalized spacial score (nSPS) is 17.4. The lowest BCUT2D eigenvalue weighted by atomic mass is 9.96. The largest absolute Gasteiger partial charge is 0.280 e. The van der Waals surface area contributed by atoms with Gasteiger partial charge in [0.15, 0.2) is 5.16 Å². The predicted octanol–water partition coefficient (Wildman–Crippen LogP) is 3.09. The number of rotatable bonds is 1. The zero-order valence-electron chi connectivity index (χ0n) is 9.79. The van der Waals surface area contributed by atoms with Crippen LogP contribution in [0.15, 0.2) is 29.4 Å². The second-order valence-electron chi connectivity index (χ2n) is 4.08. The average molecular weight is 243 g/mol. The quantitative estimate of drug-likeness (QED) is 0.721. The van der Waals surface area contributed by atoms with Gasteiger partial charge in [0.1, 0.15) is 5.82 Å². The molecular formula is C13H13N3S. The van der Waals surface area contributed by atoms with E-state index in [1.807, 2.05) is 6.26 Å². The standard InChI is InChI=1S/C13H13N3S/c1-9-11-6-4-3-5-10(11)7-8-16-12(9)14-15-13(16)17-2/h3-9H,1-2H3. The van der Waals surface area contributed by atoms with Crippen molar-refractivity contribution >= 4 is 24.0 Å². The van der Waals surface area contributed by atoms with Crippen molar-refractivity contribution in [1.29, 1.82) is 0 Å². The maximum atomic E-state index is 4.31. The SMILES string of the molecule is CSc1nnc2n1C=Cc1ccccc1C2C. The molecule has 0 saturated carbocycles. The Bertz CT molecular complexity index is 586. The van der Waals surface area contributed by atoms with Gasteiger partial charge in [0.05, 0.1) is 0 Å². The molecule has 2 heterocycles. The van der Waals surface area contributed by atoms with E-state index >= 15 is 0 Å². The maximum Gasteiger partial charge on any atom is 0.195 e. The number of fused-ring (bicyclic) bond motifs is 2. The summed E-state index contributed by atoms with van der Waals surface area (Å²) in [6.07, 6.45) is 6.21. The lowest BCUT2D eigenvalue weighted by Gasteiger charge is -2.11. The Balaban J connectivity index is 2.22. The van der Waals surface area contributed by atoms with Gasteiger partial charge >= 0.3 is 0 Å². The summed E-state index contributed by atoms with van der Waals surface area (Å²) >= 11 is 1.62. The van der Waals surface area contributed by atoms with E-state index in [1.165, 1.54) is 11.1 Å². The lowest BCUT2D eigenvalue weighted by Crippen LogP contribution is -2.03. The molecule has 0 saturated heterocycles. The maximum absolute atomic E-state index is 4.31. The Morgan fingerprint density at radius 2 is 2.06 bits per heavy atom. The van der Waals surface area contributed by atoms with Crippen molar-refractivity contribution in [3.63, 3.8) is 0 Å². The number of hydrogen-bond donors (Lipinski definition) is 0. The number of benzene rings is 1. The second kappa shape index (κ2) is 4.04. The van der Waals surface area contributed by atoms with E-state index in [2.05, 4.69) is 58.2 Å². The van der Waals surface area contributed by atoms with Gasteiger partial charge in [-0.1, -0.05) is 43.0 Å². The summed E-state index contributed by atoms with van der Waals surface area (Å²) in [6.45, 7) is 2.18. The van der Waals surface area contributed by atoms with Crippen LogP contribution in [-0.2, 0) is 0 Å². The molecule has 1 aliphatic heterocycles. The highest BCUT2D eigenvalue weighted by Gasteiger charge is 2.21. The Hall–Kier alpha value is -1.55. The lowest BCUT2D eigenvalue weighted by molar-refractivity contribution is 0.790. The van der Waals surface area contributed by atoms with Crippen molar-refractivity contribution in [2.75, 3.05) is 6.26 Å². The van der Waals surface area contributed by atoms with Crippen LogP contribution in [0.3, 0.4) is 0 Å². The van der Waals surface area contributed by atoms with Crippen molar-refractivity contribution in [2.45, 2.75) is 18.0 Å². The minimum absolute atomic E-state index is 0.273. The third kappa shape index (κ3) is 1.60. The zero-order chi connectivity index (χ0) is 11.8. The van der Waals surface area contributed by atoms with Gasteiger partial charge in [-0.3, -0.25) is 4.57 Å². The van der Waals surface area contributed by atoms with Crippen LogP contribution < -0.4 is 0 Å². The molecule has 0 bridgehead atoms.